The first-order valence-corrected chi connectivity index (χ1v) is 8.67. The molecule has 2 aromatic heterocycles. The Hall–Kier alpha value is -2.33. The summed E-state index contributed by atoms with van der Waals surface area (Å²) in [4.78, 5) is 20.2. The van der Waals surface area contributed by atoms with E-state index in [1.54, 1.807) is 6.20 Å². The van der Waals surface area contributed by atoms with Crippen LogP contribution in [0.25, 0.3) is 10.7 Å². The van der Waals surface area contributed by atoms with Crippen molar-refractivity contribution < 1.29 is 18.0 Å². The van der Waals surface area contributed by atoms with Crippen LogP contribution in [-0.2, 0) is 6.18 Å². The van der Waals surface area contributed by atoms with Gasteiger partial charge in [-0.3, -0.25) is 14.8 Å². The van der Waals surface area contributed by atoms with Crippen LogP contribution in [0.4, 0.5) is 13.2 Å². The lowest BCUT2D eigenvalue weighted by Crippen LogP contribution is -2.08. The maximum Gasteiger partial charge on any atom is 0.416 e. The first-order valence-electron chi connectivity index (χ1n) is 6.86. The highest BCUT2D eigenvalue weighted by Gasteiger charge is 2.30. The average Bonchev–Trinajstić information content (AvgIpc) is 3.09. The lowest BCUT2D eigenvalue weighted by atomic mass is 10.1. The van der Waals surface area contributed by atoms with E-state index in [4.69, 9.17) is 0 Å². The van der Waals surface area contributed by atoms with E-state index in [2.05, 4.69) is 20.2 Å². The van der Waals surface area contributed by atoms with E-state index in [1.165, 1.54) is 35.9 Å². The summed E-state index contributed by atoms with van der Waals surface area (Å²) in [5, 5.41) is 8.47. The van der Waals surface area contributed by atoms with Gasteiger partial charge in [-0.05, 0) is 12.1 Å². The maximum atomic E-state index is 12.7. The van der Waals surface area contributed by atoms with Crippen LogP contribution in [-0.4, -0.2) is 31.7 Å². The molecule has 1 aromatic carbocycles. The molecule has 0 saturated heterocycles. The minimum atomic E-state index is -4.48. The number of carbonyl (C=O) groups excluding carboxylic acids is 1. The van der Waals surface area contributed by atoms with Crippen molar-refractivity contribution in [3.63, 3.8) is 0 Å². The summed E-state index contributed by atoms with van der Waals surface area (Å²) in [7, 11) is 0. The van der Waals surface area contributed by atoms with E-state index in [-0.39, 0.29) is 11.3 Å². The zero-order valence-electron chi connectivity index (χ0n) is 12.4. The average molecular weight is 382 g/mol. The van der Waals surface area contributed by atoms with Gasteiger partial charge in [0.25, 0.3) is 0 Å². The molecular weight excluding hydrogens is 373 g/mol. The Balaban J connectivity index is 1.66. The number of aromatic nitrogens is 4. The van der Waals surface area contributed by atoms with Crippen molar-refractivity contribution in [2.75, 3.05) is 5.75 Å². The number of ketones is 1. The van der Waals surface area contributed by atoms with Crippen LogP contribution < -0.4 is 0 Å². The third-order valence-corrected chi connectivity index (χ3v) is 5.11. The summed E-state index contributed by atoms with van der Waals surface area (Å²) in [6.07, 6.45) is 0.131. The number of Topliss-reactive ketones (excluding diaryl/α,β-unsaturated/α-hetero) is 1. The van der Waals surface area contributed by atoms with Crippen molar-refractivity contribution in [1.82, 2.24) is 20.2 Å². The Labute approximate surface area is 148 Å². The van der Waals surface area contributed by atoms with Crippen molar-refractivity contribution in [3.8, 4) is 10.7 Å². The van der Waals surface area contributed by atoms with Crippen LogP contribution in [0.1, 0.15) is 15.9 Å². The second kappa shape index (κ2) is 7.28. The molecule has 0 unspecified atom stereocenters. The van der Waals surface area contributed by atoms with Crippen molar-refractivity contribution in [2.24, 2.45) is 0 Å². The molecule has 3 rings (SSSR count). The van der Waals surface area contributed by atoms with Crippen LogP contribution in [0.15, 0.2) is 47.2 Å². The summed E-state index contributed by atoms with van der Waals surface area (Å²) in [5.74, 6) is -0.441. The predicted molar refractivity (Wildman–Crippen MR) is 87.4 cm³/mol. The van der Waals surface area contributed by atoms with Gasteiger partial charge in [0.2, 0.25) is 0 Å². The molecular formula is C15H9F3N4OS2. The molecule has 0 bridgehead atoms. The van der Waals surface area contributed by atoms with Crippen LogP contribution in [0, 0.1) is 0 Å². The number of benzene rings is 1. The molecule has 128 valence electrons. The highest BCUT2D eigenvalue weighted by atomic mass is 32.2. The SMILES string of the molecule is O=C(CSc1nnc(-c2cnccn2)s1)c1cccc(C(F)(F)F)c1. The summed E-state index contributed by atoms with van der Waals surface area (Å²) in [6, 6.07) is 4.37. The van der Waals surface area contributed by atoms with Gasteiger partial charge in [0, 0.05) is 18.0 Å². The largest absolute Gasteiger partial charge is 0.416 e. The first-order chi connectivity index (χ1) is 11.9. The topological polar surface area (TPSA) is 68.6 Å². The smallest absolute Gasteiger partial charge is 0.293 e. The molecule has 0 radical (unpaired) electrons. The first kappa shape index (κ1) is 17.5. The van der Waals surface area contributed by atoms with Gasteiger partial charge >= 0.3 is 6.18 Å². The number of rotatable bonds is 5. The Morgan fingerprint density at radius 2 is 2.04 bits per heavy atom. The number of carbonyl (C=O) groups is 1. The number of nitrogens with zero attached hydrogens (tertiary/aromatic N) is 4. The molecule has 0 fully saturated rings. The Bertz CT molecular complexity index is 884. The lowest BCUT2D eigenvalue weighted by Gasteiger charge is -2.07. The lowest BCUT2D eigenvalue weighted by molar-refractivity contribution is -0.137. The molecule has 0 spiro atoms. The minimum Gasteiger partial charge on any atom is -0.293 e. The van der Waals surface area contributed by atoms with E-state index in [1.807, 2.05) is 0 Å². The van der Waals surface area contributed by atoms with Gasteiger partial charge in [0.1, 0.15) is 5.69 Å². The molecule has 10 heteroatoms. The van der Waals surface area contributed by atoms with E-state index in [0.29, 0.717) is 15.0 Å². The zero-order valence-corrected chi connectivity index (χ0v) is 14.0. The summed E-state index contributed by atoms with van der Waals surface area (Å²) in [6.45, 7) is 0. The third-order valence-electron chi connectivity index (χ3n) is 3.03. The zero-order chi connectivity index (χ0) is 17.9. The number of hydrogen-bond donors (Lipinski definition) is 0. The van der Waals surface area contributed by atoms with E-state index < -0.39 is 17.5 Å². The fourth-order valence-electron chi connectivity index (χ4n) is 1.86. The summed E-state index contributed by atoms with van der Waals surface area (Å²) < 4.78 is 38.6. The van der Waals surface area contributed by atoms with Crippen molar-refractivity contribution in [1.29, 1.82) is 0 Å². The molecule has 5 nitrogen and oxygen atoms in total. The molecule has 0 aliphatic rings. The van der Waals surface area contributed by atoms with Crippen molar-refractivity contribution in [2.45, 2.75) is 10.5 Å². The highest BCUT2D eigenvalue weighted by Crippen LogP contribution is 2.31. The van der Waals surface area contributed by atoms with Gasteiger partial charge < -0.3 is 0 Å². The van der Waals surface area contributed by atoms with Crippen LogP contribution in [0.2, 0.25) is 0 Å². The molecule has 25 heavy (non-hydrogen) atoms. The fraction of sp³-hybridized carbons (Fsp3) is 0.133. The summed E-state index contributed by atoms with van der Waals surface area (Å²) in [5.41, 5.74) is -0.263. The Morgan fingerprint density at radius 3 is 2.76 bits per heavy atom. The third kappa shape index (κ3) is 4.40. The standard InChI is InChI=1S/C15H9F3N4OS2/c16-15(17,18)10-3-1-2-9(6-10)12(23)8-24-14-22-21-13(25-14)11-7-19-4-5-20-11/h1-7H,8H2. The number of alkyl halides is 3. The van der Waals surface area contributed by atoms with Crippen LogP contribution in [0.5, 0.6) is 0 Å². The van der Waals surface area contributed by atoms with E-state index in [0.717, 1.165) is 23.9 Å². The highest BCUT2D eigenvalue weighted by molar-refractivity contribution is 8.01. The molecule has 0 amide bonds. The number of halogens is 3. The number of thioether (sulfide) groups is 1. The maximum absolute atomic E-state index is 12.7. The molecule has 3 aromatic rings. The van der Waals surface area contributed by atoms with Crippen molar-refractivity contribution >= 4 is 28.9 Å². The fourth-order valence-corrected chi connectivity index (χ4v) is 3.57. The van der Waals surface area contributed by atoms with Gasteiger partial charge in [0.05, 0.1) is 17.5 Å². The second-order valence-electron chi connectivity index (χ2n) is 4.75. The quantitative estimate of drug-likeness (QED) is 0.491. The van der Waals surface area contributed by atoms with Gasteiger partial charge in [-0.15, -0.1) is 10.2 Å². The van der Waals surface area contributed by atoms with Crippen LogP contribution in [0.3, 0.4) is 0 Å². The monoisotopic (exact) mass is 382 g/mol. The van der Waals surface area contributed by atoms with Gasteiger partial charge in [-0.1, -0.05) is 35.2 Å². The van der Waals surface area contributed by atoms with Crippen LogP contribution >= 0.6 is 23.1 Å². The second-order valence-corrected chi connectivity index (χ2v) is 6.95. The van der Waals surface area contributed by atoms with Crippen molar-refractivity contribution in [3.05, 3.63) is 54.0 Å². The molecule has 0 saturated carbocycles. The molecule has 0 atom stereocenters. The van der Waals surface area contributed by atoms with Gasteiger partial charge in [-0.2, -0.15) is 13.2 Å². The Morgan fingerprint density at radius 1 is 1.20 bits per heavy atom. The number of hydrogen-bond acceptors (Lipinski definition) is 7. The minimum absolute atomic E-state index is 0.0148. The van der Waals surface area contributed by atoms with E-state index >= 15 is 0 Å². The predicted octanol–water partition coefficient (Wildman–Crippen LogP) is 3.99. The van der Waals surface area contributed by atoms with E-state index in [9.17, 15) is 18.0 Å². The molecule has 2 heterocycles. The molecule has 0 N–H and O–H groups in total. The Kier molecular flexibility index (Phi) is 5.09. The molecule has 0 aliphatic heterocycles. The molecule has 0 aliphatic carbocycles. The summed E-state index contributed by atoms with van der Waals surface area (Å²) >= 11 is 2.35. The van der Waals surface area contributed by atoms with Gasteiger partial charge in [0.15, 0.2) is 15.1 Å². The van der Waals surface area contributed by atoms with Gasteiger partial charge in [-0.25, -0.2) is 0 Å². The normalized spacial score (nSPS) is 11.5.